The topological polar surface area (TPSA) is 86.0 Å². The number of aryl methyl sites for hydroxylation is 1. The Morgan fingerprint density at radius 1 is 1.21 bits per heavy atom. The van der Waals surface area contributed by atoms with Gasteiger partial charge in [0.1, 0.15) is 18.2 Å². The van der Waals surface area contributed by atoms with Crippen molar-refractivity contribution < 1.29 is 13.9 Å². The zero-order chi connectivity index (χ0) is 20.1. The third-order valence-corrected chi connectivity index (χ3v) is 4.85. The van der Waals surface area contributed by atoms with E-state index < -0.39 is 0 Å². The number of benzene rings is 1. The first-order valence-electron chi connectivity index (χ1n) is 9.48. The molecule has 29 heavy (non-hydrogen) atoms. The first kappa shape index (κ1) is 19.1. The molecule has 150 valence electrons. The number of tetrazole rings is 1. The molecule has 0 N–H and O–H groups in total. The zero-order valence-electron chi connectivity index (χ0n) is 15.8. The molecule has 0 bridgehead atoms. The summed E-state index contributed by atoms with van der Waals surface area (Å²) in [5, 5.41) is 10.9. The number of carbonyl (C=O) groups excluding carboxylic acids is 1. The van der Waals surface area contributed by atoms with Gasteiger partial charge < -0.3 is 9.64 Å². The number of aromatic nitrogens is 5. The summed E-state index contributed by atoms with van der Waals surface area (Å²) in [4.78, 5) is 19.0. The van der Waals surface area contributed by atoms with Gasteiger partial charge >= 0.3 is 0 Å². The van der Waals surface area contributed by atoms with Crippen molar-refractivity contribution in [2.24, 2.45) is 0 Å². The molecule has 1 aliphatic rings. The van der Waals surface area contributed by atoms with Gasteiger partial charge in [-0.05, 0) is 34.2 Å². The fraction of sp³-hybridized carbons (Fsp3) is 0.350. The summed E-state index contributed by atoms with van der Waals surface area (Å²) in [5.41, 5.74) is 2.11. The van der Waals surface area contributed by atoms with E-state index in [0.29, 0.717) is 44.6 Å². The van der Waals surface area contributed by atoms with Gasteiger partial charge in [-0.1, -0.05) is 24.3 Å². The summed E-state index contributed by atoms with van der Waals surface area (Å²) in [7, 11) is 0. The monoisotopic (exact) mass is 396 g/mol. The van der Waals surface area contributed by atoms with Crippen LogP contribution in [0.5, 0.6) is 0 Å². The van der Waals surface area contributed by atoms with Crippen LogP contribution in [-0.4, -0.2) is 55.7 Å². The van der Waals surface area contributed by atoms with Gasteiger partial charge in [0.2, 0.25) is 5.91 Å². The van der Waals surface area contributed by atoms with Gasteiger partial charge in [0, 0.05) is 25.1 Å². The number of morpholine rings is 1. The van der Waals surface area contributed by atoms with Crippen LogP contribution < -0.4 is 0 Å². The Morgan fingerprint density at radius 2 is 2.10 bits per heavy atom. The number of hydrogen-bond donors (Lipinski definition) is 0. The van der Waals surface area contributed by atoms with Crippen molar-refractivity contribution in [2.45, 2.75) is 25.5 Å². The molecule has 1 aliphatic heterocycles. The molecular formula is C20H21FN6O2. The quantitative estimate of drug-likeness (QED) is 0.631. The number of carbonyl (C=O) groups is 1. The Balaban J connectivity index is 1.40. The standard InChI is InChI=1S/C20H21FN6O2/c21-17-6-2-1-4-15(17)12-16-5-3-7-18(23-16)19-13-26(10-11-29-19)20(28)8-9-27-14-22-24-25-27/h1-7,14,19H,8-13H2/t19-/m1/s1. The van der Waals surface area contributed by atoms with Crippen LogP contribution in [0.2, 0.25) is 0 Å². The van der Waals surface area contributed by atoms with E-state index in [1.165, 1.54) is 17.1 Å². The molecule has 0 spiro atoms. The summed E-state index contributed by atoms with van der Waals surface area (Å²) in [6.45, 7) is 1.86. The molecule has 0 saturated carbocycles. The molecule has 1 amide bonds. The van der Waals surface area contributed by atoms with Gasteiger partial charge in [-0.3, -0.25) is 9.78 Å². The lowest BCUT2D eigenvalue weighted by Crippen LogP contribution is -2.42. The second-order valence-electron chi connectivity index (χ2n) is 6.84. The summed E-state index contributed by atoms with van der Waals surface area (Å²) >= 11 is 0. The largest absolute Gasteiger partial charge is 0.368 e. The molecule has 1 atom stereocenters. The third kappa shape index (κ3) is 4.80. The van der Waals surface area contributed by atoms with Crippen LogP contribution in [0, 0.1) is 5.82 Å². The molecule has 8 nitrogen and oxygen atoms in total. The van der Waals surface area contributed by atoms with Crippen molar-refractivity contribution in [1.82, 2.24) is 30.1 Å². The number of rotatable bonds is 6. The van der Waals surface area contributed by atoms with E-state index in [0.717, 1.165) is 11.4 Å². The first-order chi connectivity index (χ1) is 14.2. The highest BCUT2D eigenvalue weighted by molar-refractivity contribution is 5.76. The van der Waals surface area contributed by atoms with E-state index >= 15 is 0 Å². The van der Waals surface area contributed by atoms with Crippen LogP contribution in [0.15, 0.2) is 48.8 Å². The van der Waals surface area contributed by atoms with Crippen molar-refractivity contribution in [3.63, 3.8) is 0 Å². The number of ether oxygens (including phenoxy) is 1. The molecule has 0 unspecified atom stereocenters. The lowest BCUT2D eigenvalue weighted by molar-refractivity contribution is -0.139. The van der Waals surface area contributed by atoms with Crippen LogP contribution in [0.4, 0.5) is 4.39 Å². The van der Waals surface area contributed by atoms with E-state index in [2.05, 4.69) is 20.5 Å². The first-order valence-corrected chi connectivity index (χ1v) is 9.48. The van der Waals surface area contributed by atoms with Crippen molar-refractivity contribution in [3.05, 3.63) is 71.6 Å². The summed E-state index contributed by atoms with van der Waals surface area (Å²) in [6.07, 6.45) is 1.90. The van der Waals surface area contributed by atoms with Crippen molar-refractivity contribution >= 4 is 5.91 Å². The molecule has 0 aliphatic carbocycles. The lowest BCUT2D eigenvalue weighted by Gasteiger charge is -2.33. The van der Waals surface area contributed by atoms with Gasteiger partial charge in [-0.2, -0.15) is 0 Å². The van der Waals surface area contributed by atoms with Gasteiger partial charge in [0.25, 0.3) is 0 Å². The van der Waals surface area contributed by atoms with Crippen molar-refractivity contribution in [2.75, 3.05) is 19.7 Å². The maximum Gasteiger partial charge on any atom is 0.224 e. The van der Waals surface area contributed by atoms with Gasteiger partial charge in [0.05, 0.1) is 25.4 Å². The summed E-state index contributed by atoms with van der Waals surface area (Å²) in [6, 6.07) is 12.3. The average molecular weight is 396 g/mol. The second-order valence-corrected chi connectivity index (χ2v) is 6.84. The second kappa shape index (κ2) is 8.87. The molecule has 9 heteroatoms. The van der Waals surface area contributed by atoms with Crippen molar-refractivity contribution in [1.29, 1.82) is 0 Å². The van der Waals surface area contributed by atoms with E-state index in [1.807, 2.05) is 24.3 Å². The predicted molar refractivity (Wildman–Crippen MR) is 101 cm³/mol. The van der Waals surface area contributed by atoms with Gasteiger partial charge in [-0.25, -0.2) is 9.07 Å². The Labute approximate surface area is 167 Å². The molecule has 1 aromatic carbocycles. The number of pyridine rings is 1. The van der Waals surface area contributed by atoms with Gasteiger partial charge in [0.15, 0.2) is 0 Å². The minimum Gasteiger partial charge on any atom is -0.368 e. The Hall–Kier alpha value is -3.20. The van der Waals surface area contributed by atoms with E-state index in [-0.39, 0.29) is 17.8 Å². The smallest absolute Gasteiger partial charge is 0.224 e. The van der Waals surface area contributed by atoms with Crippen LogP contribution in [0.25, 0.3) is 0 Å². The minimum atomic E-state index is -0.304. The highest BCUT2D eigenvalue weighted by Gasteiger charge is 2.26. The molecule has 0 radical (unpaired) electrons. The van der Waals surface area contributed by atoms with Crippen LogP contribution in [0.1, 0.15) is 29.5 Å². The molecule has 1 fully saturated rings. The summed E-state index contributed by atoms with van der Waals surface area (Å²) < 4.78 is 21.3. The van der Waals surface area contributed by atoms with Crippen LogP contribution in [-0.2, 0) is 22.5 Å². The van der Waals surface area contributed by atoms with Crippen LogP contribution in [0.3, 0.4) is 0 Å². The van der Waals surface area contributed by atoms with E-state index in [1.54, 1.807) is 17.0 Å². The summed E-state index contributed by atoms with van der Waals surface area (Å²) in [5.74, 6) is -0.218. The molecule has 4 rings (SSSR count). The van der Waals surface area contributed by atoms with Crippen LogP contribution >= 0.6 is 0 Å². The lowest BCUT2D eigenvalue weighted by atomic mass is 10.1. The number of nitrogens with zero attached hydrogens (tertiary/aromatic N) is 6. The Kier molecular flexibility index (Phi) is 5.85. The fourth-order valence-electron chi connectivity index (χ4n) is 3.32. The maximum atomic E-state index is 13.9. The number of amides is 1. The maximum absolute atomic E-state index is 13.9. The van der Waals surface area contributed by atoms with E-state index in [4.69, 9.17) is 4.74 Å². The molecular weight excluding hydrogens is 375 g/mol. The highest BCUT2D eigenvalue weighted by atomic mass is 19.1. The molecule has 3 aromatic rings. The molecule has 3 heterocycles. The predicted octanol–water partition coefficient (Wildman–Crippen LogP) is 1.79. The SMILES string of the molecule is O=C(CCn1cnnn1)N1CCO[C@@H](c2cccc(Cc3ccccc3F)n2)C1. The minimum absolute atomic E-state index is 0.0244. The zero-order valence-corrected chi connectivity index (χ0v) is 15.8. The Bertz CT molecular complexity index is 965. The molecule has 2 aromatic heterocycles. The Morgan fingerprint density at radius 3 is 2.93 bits per heavy atom. The van der Waals surface area contributed by atoms with Crippen molar-refractivity contribution in [3.8, 4) is 0 Å². The third-order valence-electron chi connectivity index (χ3n) is 4.85. The van der Waals surface area contributed by atoms with E-state index in [9.17, 15) is 9.18 Å². The number of hydrogen-bond acceptors (Lipinski definition) is 6. The fourth-order valence-corrected chi connectivity index (χ4v) is 3.32. The highest BCUT2D eigenvalue weighted by Crippen LogP contribution is 2.22. The normalized spacial score (nSPS) is 16.7. The van der Waals surface area contributed by atoms with Gasteiger partial charge in [-0.15, -0.1) is 5.10 Å². The molecule has 1 saturated heterocycles. The number of halogens is 1. The average Bonchev–Trinajstić information content (AvgIpc) is 3.28.